The maximum atomic E-state index is 12.9. The maximum Gasteiger partial charge on any atom is 0.277 e. The fraction of sp³-hybridized carbons (Fsp3) is 0.304. The summed E-state index contributed by atoms with van der Waals surface area (Å²) < 4.78 is 0. The number of aryl methyl sites for hydroxylation is 1. The van der Waals surface area contributed by atoms with Crippen LogP contribution in [0.2, 0.25) is 0 Å². The number of nitrogens with zero attached hydrogens (tertiary/aromatic N) is 2. The Hall–Kier alpha value is -2.70. The van der Waals surface area contributed by atoms with Gasteiger partial charge in [0.05, 0.1) is 24.2 Å². The van der Waals surface area contributed by atoms with Crippen LogP contribution < -0.4 is 15.2 Å². The van der Waals surface area contributed by atoms with Gasteiger partial charge in [0.25, 0.3) is 11.7 Å². The molecule has 0 aliphatic carbocycles. The summed E-state index contributed by atoms with van der Waals surface area (Å²) in [4.78, 5) is 21.7. The molecule has 1 aliphatic heterocycles. The normalized spacial score (nSPS) is 15.3. The fourth-order valence-corrected chi connectivity index (χ4v) is 4.63. The lowest BCUT2D eigenvalue weighted by Crippen LogP contribution is -2.87. The number of rotatable bonds is 6. The van der Waals surface area contributed by atoms with Gasteiger partial charge in [-0.2, -0.15) is 0 Å². The van der Waals surface area contributed by atoms with Crippen molar-refractivity contribution in [2.45, 2.75) is 13.0 Å². The van der Waals surface area contributed by atoms with Gasteiger partial charge in [0, 0.05) is 11.6 Å². The summed E-state index contributed by atoms with van der Waals surface area (Å²) in [6, 6.07) is 19.1. The number of amides is 1. The summed E-state index contributed by atoms with van der Waals surface area (Å²) in [5.74, 6) is 1.33. The highest BCUT2D eigenvalue weighted by atomic mass is 32.1. The quantitative estimate of drug-likeness (QED) is 0.677. The van der Waals surface area contributed by atoms with E-state index in [9.17, 15) is 4.79 Å². The van der Waals surface area contributed by atoms with E-state index in [-0.39, 0.29) is 11.9 Å². The molecule has 0 bridgehead atoms. The van der Waals surface area contributed by atoms with Crippen LogP contribution in [-0.2, 0) is 4.79 Å². The summed E-state index contributed by atoms with van der Waals surface area (Å²) >= 11 is 1.75. The van der Waals surface area contributed by atoms with Crippen molar-refractivity contribution in [3.8, 4) is 0 Å². The second-order valence-corrected chi connectivity index (χ2v) is 8.44. The molecule has 2 aromatic heterocycles. The molecule has 4 rings (SSSR count). The Bertz CT molecular complexity index is 904. The van der Waals surface area contributed by atoms with Gasteiger partial charge in [-0.3, -0.25) is 9.69 Å². The molecule has 1 atom stereocenters. The van der Waals surface area contributed by atoms with Gasteiger partial charge in [0.1, 0.15) is 19.1 Å². The van der Waals surface area contributed by atoms with E-state index in [4.69, 9.17) is 0 Å². The van der Waals surface area contributed by atoms with E-state index >= 15 is 0 Å². The number of carbonyl (C=O) groups excluding carboxylic acids is 1. The number of aromatic amines is 1. The van der Waals surface area contributed by atoms with Crippen LogP contribution in [-0.4, -0.2) is 43.5 Å². The largest absolute Gasteiger partial charge is 0.330 e. The van der Waals surface area contributed by atoms with Gasteiger partial charge in [-0.1, -0.05) is 42.0 Å². The number of H-pyrrole nitrogens is 1. The fourth-order valence-electron chi connectivity index (χ4n) is 3.78. The van der Waals surface area contributed by atoms with Gasteiger partial charge in [0.15, 0.2) is 6.54 Å². The number of piperazine rings is 1. The van der Waals surface area contributed by atoms with Crippen LogP contribution in [0.4, 0.5) is 5.82 Å². The summed E-state index contributed by atoms with van der Waals surface area (Å²) in [5, 5.41) is 4.28. The SMILES string of the molecule is Cc1ccc([C@@H]([NH2+]CC(=O)N2CCN(c3cccc[nH+]3)CC2)c2cccs2)cc1. The summed E-state index contributed by atoms with van der Waals surface area (Å²) in [5.41, 5.74) is 2.50. The van der Waals surface area contributed by atoms with Crippen LogP contribution in [0.15, 0.2) is 66.2 Å². The van der Waals surface area contributed by atoms with Crippen molar-refractivity contribution in [2.24, 2.45) is 0 Å². The Morgan fingerprint density at radius 1 is 1.07 bits per heavy atom. The Morgan fingerprint density at radius 2 is 1.86 bits per heavy atom. The number of pyridine rings is 1. The van der Waals surface area contributed by atoms with Crippen molar-refractivity contribution < 1.29 is 15.1 Å². The van der Waals surface area contributed by atoms with Crippen molar-refractivity contribution in [3.05, 3.63) is 82.2 Å². The summed E-state index contributed by atoms with van der Waals surface area (Å²) in [7, 11) is 0. The predicted octanol–water partition coefficient (Wildman–Crippen LogP) is 1.87. The van der Waals surface area contributed by atoms with Crippen LogP contribution in [0.3, 0.4) is 0 Å². The molecule has 1 aliphatic rings. The van der Waals surface area contributed by atoms with E-state index in [1.165, 1.54) is 16.0 Å². The van der Waals surface area contributed by atoms with Gasteiger partial charge in [-0.15, -0.1) is 11.3 Å². The zero-order valence-electron chi connectivity index (χ0n) is 16.8. The molecule has 1 fully saturated rings. The Kier molecular flexibility index (Phi) is 6.22. The first-order valence-electron chi connectivity index (χ1n) is 10.1. The summed E-state index contributed by atoms with van der Waals surface area (Å²) in [6.07, 6.45) is 1.94. The smallest absolute Gasteiger partial charge is 0.277 e. The van der Waals surface area contributed by atoms with E-state index in [0.717, 1.165) is 32.0 Å². The van der Waals surface area contributed by atoms with Gasteiger partial charge in [-0.25, -0.2) is 4.98 Å². The van der Waals surface area contributed by atoms with Crippen molar-refractivity contribution in [1.82, 2.24) is 4.90 Å². The Labute approximate surface area is 176 Å². The third-order valence-corrected chi connectivity index (χ3v) is 6.44. The molecule has 5 nitrogen and oxygen atoms in total. The lowest BCUT2D eigenvalue weighted by molar-refractivity contribution is -0.676. The molecule has 29 heavy (non-hydrogen) atoms. The molecular weight excluding hydrogens is 380 g/mol. The highest BCUT2D eigenvalue weighted by Crippen LogP contribution is 2.23. The predicted molar refractivity (Wildman–Crippen MR) is 116 cm³/mol. The third kappa shape index (κ3) is 4.83. The van der Waals surface area contributed by atoms with Crippen LogP contribution >= 0.6 is 11.3 Å². The second kappa shape index (κ2) is 9.20. The van der Waals surface area contributed by atoms with Crippen LogP contribution in [0.5, 0.6) is 0 Å². The van der Waals surface area contributed by atoms with E-state index in [1.54, 1.807) is 11.3 Å². The lowest BCUT2D eigenvalue weighted by Gasteiger charge is -2.30. The standard InChI is InChI=1S/C23H26N4OS/c1-18-7-9-19(10-8-18)23(20-5-4-16-29-20)25-17-22(28)27-14-12-26(13-15-27)21-6-2-3-11-24-21/h2-11,16,23,25H,12-15,17H2,1H3/p+2/t23-/m1/s1. The van der Waals surface area contributed by atoms with Crippen molar-refractivity contribution in [1.29, 1.82) is 0 Å². The molecule has 3 N–H and O–H groups in total. The molecule has 1 saturated heterocycles. The van der Waals surface area contributed by atoms with Crippen molar-refractivity contribution in [3.63, 3.8) is 0 Å². The van der Waals surface area contributed by atoms with E-state index in [0.29, 0.717) is 6.54 Å². The Balaban J connectivity index is 1.36. The van der Waals surface area contributed by atoms with Gasteiger partial charge in [0.2, 0.25) is 0 Å². The topological polar surface area (TPSA) is 54.3 Å². The van der Waals surface area contributed by atoms with Crippen LogP contribution in [0.25, 0.3) is 0 Å². The molecule has 1 amide bonds. The first-order valence-corrected chi connectivity index (χ1v) is 11.0. The number of quaternary nitrogens is 1. The van der Waals surface area contributed by atoms with E-state index in [1.807, 2.05) is 23.2 Å². The molecule has 1 aromatic carbocycles. The van der Waals surface area contributed by atoms with Gasteiger partial charge < -0.3 is 10.2 Å². The maximum absolute atomic E-state index is 12.9. The molecule has 0 radical (unpaired) electrons. The lowest BCUT2D eigenvalue weighted by atomic mass is 10.0. The molecule has 3 heterocycles. The number of nitrogens with one attached hydrogen (secondary N) is 1. The molecule has 0 unspecified atom stereocenters. The molecule has 0 saturated carbocycles. The highest BCUT2D eigenvalue weighted by Gasteiger charge is 2.28. The average Bonchev–Trinajstić information content (AvgIpc) is 3.30. The van der Waals surface area contributed by atoms with Crippen LogP contribution in [0, 0.1) is 6.92 Å². The molecule has 0 spiro atoms. The van der Waals surface area contributed by atoms with Crippen molar-refractivity contribution in [2.75, 3.05) is 37.6 Å². The minimum atomic E-state index is 0.166. The molecule has 3 aromatic rings. The minimum Gasteiger partial charge on any atom is -0.330 e. The molecule has 150 valence electrons. The van der Waals surface area contributed by atoms with E-state index < -0.39 is 0 Å². The first kappa shape index (κ1) is 19.6. The number of carbonyl (C=O) groups is 1. The number of aromatic nitrogens is 1. The van der Waals surface area contributed by atoms with Crippen LogP contribution in [0.1, 0.15) is 22.0 Å². The number of benzene rings is 1. The zero-order valence-corrected chi connectivity index (χ0v) is 17.6. The summed E-state index contributed by atoms with van der Waals surface area (Å²) in [6.45, 7) is 5.82. The minimum absolute atomic E-state index is 0.166. The highest BCUT2D eigenvalue weighted by molar-refractivity contribution is 7.10. The Morgan fingerprint density at radius 3 is 2.52 bits per heavy atom. The van der Waals surface area contributed by atoms with E-state index in [2.05, 4.69) is 70.0 Å². The zero-order chi connectivity index (χ0) is 20.1. The second-order valence-electron chi connectivity index (χ2n) is 7.46. The number of nitrogens with two attached hydrogens (primary N) is 1. The van der Waals surface area contributed by atoms with Crippen molar-refractivity contribution >= 4 is 23.1 Å². The third-order valence-electron chi connectivity index (χ3n) is 5.48. The number of anilines is 1. The molecule has 6 heteroatoms. The number of hydrogen-bond donors (Lipinski definition) is 1. The average molecular weight is 409 g/mol. The van der Waals surface area contributed by atoms with Gasteiger partial charge >= 0.3 is 0 Å². The number of thiophene rings is 1. The molecular formula is C23H28N4OS+2. The number of hydrogen-bond acceptors (Lipinski definition) is 3. The van der Waals surface area contributed by atoms with Gasteiger partial charge in [-0.05, 0) is 24.4 Å². The first-order chi connectivity index (χ1) is 14.2. The monoisotopic (exact) mass is 408 g/mol.